The third-order valence-electron chi connectivity index (χ3n) is 6.14. The van der Waals surface area contributed by atoms with Gasteiger partial charge in [-0.05, 0) is 68.0 Å². The van der Waals surface area contributed by atoms with Crippen LogP contribution < -0.4 is 10.6 Å². The molecule has 0 atom stereocenters. The summed E-state index contributed by atoms with van der Waals surface area (Å²) in [4.78, 5) is 45.2. The van der Waals surface area contributed by atoms with Gasteiger partial charge in [0.15, 0.2) is 0 Å². The monoisotopic (exact) mass is 506 g/mol. The van der Waals surface area contributed by atoms with Crippen molar-refractivity contribution in [2.24, 2.45) is 0 Å². The number of amides is 3. The first-order chi connectivity index (χ1) is 17.5. The molecule has 0 spiro atoms. The summed E-state index contributed by atoms with van der Waals surface area (Å²) in [5.41, 5.74) is 2.27. The van der Waals surface area contributed by atoms with Gasteiger partial charge in [-0.1, -0.05) is 6.07 Å². The number of nitrogens with zero attached hydrogens (tertiary/aromatic N) is 2. The number of furan rings is 1. The van der Waals surface area contributed by atoms with Crippen molar-refractivity contribution >= 4 is 35.1 Å². The Kier molecular flexibility index (Phi) is 8.67. The molecule has 0 unspecified atom stereocenters. The number of rotatable bonds is 9. The van der Waals surface area contributed by atoms with Crippen LogP contribution in [0.1, 0.15) is 51.1 Å². The summed E-state index contributed by atoms with van der Waals surface area (Å²) in [7, 11) is 0. The van der Waals surface area contributed by atoms with Crippen molar-refractivity contribution in [3.63, 3.8) is 0 Å². The number of hydrogen-bond donors (Lipinski definition) is 2. The normalized spacial score (nSPS) is 14.2. The Balaban J connectivity index is 1.28. The second-order valence-electron chi connectivity index (χ2n) is 8.69. The van der Waals surface area contributed by atoms with Crippen molar-refractivity contribution in [1.82, 2.24) is 20.5 Å². The van der Waals surface area contributed by atoms with Crippen molar-refractivity contribution in [1.29, 1.82) is 0 Å². The second-order valence-corrected chi connectivity index (χ2v) is 9.72. The molecule has 3 aromatic heterocycles. The van der Waals surface area contributed by atoms with Crippen molar-refractivity contribution < 1.29 is 18.8 Å². The van der Waals surface area contributed by atoms with Crippen molar-refractivity contribution in [3.8, 4) is 0 Å². The van der Waals surface area contributed by atoms with Gasteiger partial charge < -0.3 is 20.0 Å². The zero-order valence-corrected chi connectivity index (χ0v) is 21.1. The maximum Gasteiger partial charge on any atom is 0.253 e. The molecule has 1 aliphatic rings. The average molecular weight is 507 g/mol. The van der Waals surface area contributed by atoms with E-state index in [0.29, 0.717) is 43.8 Å². The minimum atomic E-state index is -0.353. The fraction of sp³-hybridized carbons (Fsp3) is 0.333. The first-order valence-corrected chi connectivity index (χ1v) is 12.9. The van der Waals surface area contributed by atoms with Gasteiger partial charge in [0.2, 0.25) is 11.8 Å². The Morgan fingerprint density at radius 3 is 2.69 bits per heavy atom. The standard InChI is InChI=1S/C27H30N4O4S/c1-19-6-8-23(27(34)28-13-10-22-5-3-17-36-22)26(30-19)20-11-14-31(15-12-20)25(33)18-29-24(32)9-7-21-4-2-16-35-21/h2-9,16-17,20H,10-15,18H2,1H3,(H,28,34)(H,29,32)/b9-7-. The quantitative estimate of drug-likeness (QED) is 0.432. The van der Waals surface area contributed by atoms with Crippen LogP contribution in [0.15, 0.2) is 58.5 Å². The number of pyridine rings is 1. The van der Waals surface area contributed by atoms with Gasteiger partial charge in [0.05, 0.1) is 24.1 Å². The van der Waals surface area contributed by atoms with Crippen molar-refractivity contribution in [3.05, 3.63) is 81.7 Å². The number of carbonyl (C=O) groups is 3. The van der Waals surface area contributed by atoms with Gasteiger partial charge in [-0.2, -0.15) is 0 Å². The van der Waals surface area contributed by atoms with Crippen molar-refractivity contribution in [2.45, 2.75) is 32.1 Å². The molecular weight excluding hydrogens is 476 g/mol. The van der Waals surface area contributed by atoms with Gasteiger partial charge in [0, 0.05) is 42.2 Å². The zero-order valence-electron chi connectivity index (χ0n) is 20.2. The number of thiophene rings is 1. The van der Waals surface area contributed by atoms with E-state index in [1.54, 1.807) is 34.4 Å². The molecule has 188 valence electrons. The summed E-state index contributed by atoms with van der Waals surface area (Å²) in [6.07, 6.45) is 6.64. The predicted molar refractivity (Wildman–Crippen MR) is 139 cm³/mol. The van der Waals surface area contributed by atoms with E-state index >= 15 is 0 Å². The number of carbonyl (C=O) groups excluding carboxylic acids is 3. The Morgan fingerprint density at radius 1 is 1.14 bits per heavy atom. The maximum atomic E-state index is 12.9. The highest BCUT2D eigenvalue weighted by Crippen LogP contribution is 2.29. The lowest BCUT2D eigenvalue weighted by Crippen LogP contribution is -2.43. The van der Waals surface area contributed by atoms with Crippen LogP contribution in [-0.4, -0.2) is 53.8 Å². The fourth-order valence-corrected chi connectivity index (χ4v) is 4.92. The highest BCUT2D eigenvalue weighted by atomic mass is 32.1. The summed E-state index contributed by atoms with van der Waals surface area (Å²) in [5.74, 6) is 0.0693. The summed E-state index contributed by atoms with van der Waals surface area (Å²) in [6, 6.07) is 11.3. The molecule has 1 saturated heterocycles. The molecule has 36 heavy (non-hydrogen) atoms. The number of piperidine rings is 1. The van der Waals surface area contributed by atoms with E-state index in [1.807, 2.05) is 30.5 Å². The Labute approximate surface area is 214 Å². The smallest absolute Gasteiger partial charge is 0.253 e. The molecule has 0 saturated carbocycles. The van der Waals surface area contributed by atoms with Gasteiger partial charge in [-0.3, -0.25) is 19.4 Å². The van der Waals surface area contributed by atoms with Crippen LogP contribution in [0.2, 0.25) is 0 Å². The Bertz CT molecular complexity index is 1200. The molecular formula is C27H30N4O4S. The highest BCUT2D eigenvalue weighted by molar-refractivity contribution is 7.09. The van der Waals surface area contributed by atoms with Gasteiger partial charge >= 0.3 is 0 Å². The second kappa shape index (κ2) is 12.3. The molecule has 3 aromatic rings. The molecule has 1 aliphatic heterocycles. The van der Waals surface area contributed by atoms with E-state index in [0.717, 1.165) is 17.8 Å². The number of aryl methyl sites for hydroxylation is 1. The molecule has 3 amide bonds. The van der Waals surface area contributed by atoms with E-state index in [9.17, 15) is 14.4 Å². The number of hydrogen-bond acceptors (Lipinski definition) is 6. The van der Waals surface area contributed by atoms with Crippen LogP contribution >= 0.6 is 11.3 Å². The van der Waals surface area contributed by atoms with Crippen LogP contribution in [0, 0.1) is 6.92 Å². The molecule has 4 rings (SSSR count). The number of aromatic nitrogens is 1. The Hall–Kier alpha value is -3.72. The fourth-order valence-electron chi connectivity index (χ4n) is 4.21. The first-order valence-electron chi connectivity index (χ1n) is 12.0. The van der Waals surface area contributed by atoms with E-state index in [4.69, 9.17) is 9.40 Å². The van der Waals surface area contributed by atoms with Crippen LogP contribution in [-0.2, 0) is 16.0 Å². The Morgan fingerprint density at radius 2 is 1.97 bits per heavy atom. The largest absolute Gasteiger partial charge is 0.465 e. The molecule has 0 aromatic carbocycles. The molecule has 8 nitrogen and oxygen atoms in total. The predicted octanol–water partition coefficient (Wildman–Crippen LogP) is 3.55. The molecule has 0 radical (unpaired) electrons. The third kappa shape index (κ3) is 6.91. The van der Waals surface area contributed by atoms with Crippen molar-refractivity contribution in [2.75, 3.05) is 26.2 Å². The summed E-state index contributed by atoms with van der Waals surface area (Å²) >= 11 is 1.68. The topological polar surface area (TPSA) is 105 Å². The minimum Gasteiger partial charge on any atom is -0.465 e. The van der Waals surface area contributed by atoms with E-state index in [1.165, 1.54) is 17.2 Å². The molecule has 0 aliphatic carbocycles. The third-order valence-corrected chi connectivity index (χ3v) is 7.07. The van der Waals surface area contributed by atoms with Crippen LogP contribution in [0.3, 0.4) is 0 Å². The molecule has 4 heterocycles. The van der Waals surface area contributed by atoms with Gasteiger partial charge in [-0.25, -0.2) is 0 Å². The van der Waals surface area contributed by atoms with E-state index in [-0.39, 0.29) is 30.2 Å². The first kappa shape index (κ1) is 25.4. The summed E-state index contributed by atoms with van der Waals surface area (Å²) in [5, 5.41) is 7.68. The molecule has 2 N–H and O–H groups in total. The van der Waals surface area contributed by atoms with E-state index in [2.05, 4.69) is 16.7 Å². The minimum absolute atomic E-state index is 0.0629. The summed E-state index contributed by atoms with van der Waals surface area (Å²) in [6.45, 7) is 3.53. The zero-order chi connectivity index (χ0) is 25.3. The lowest BCUT2D eigenvalue weighted by atomic mass is 9.89. The van der Waals surface area contributed by atoms with E-state index < -0.39 is 0 Å². The molecule has 0 bridgehead atoms. The SMILES string of the molecule is Cc1ccc(C(=O)NCCc2cccs2)c(C2CCN(C(=O)CNC(=O)/C=C\c3ccco3)CC2)n1. The van der Waals surface area contributed by atoms with Crippen LogP contribution in [0.4, 0.5) is 0 Å². The van der Waals surface area contributed by atoms with Crippen LogP contribution in [0.5, 0.6) is 0 Å². The molecule has 1 fully saturated rings. The maximum absolute atomic E-state index is 12.9. The van der Waals surface area contributed by atoms with Crippen LogP contribution in [0.25, 0.3) is 6.08 Å². The molecule has 9 heteroatoms. The summed E-state index contributed by atoms with van der Waals surface area (Å²) < 4.78 is 5.14. The number of likely N-dealkylation sites (tertiary alicyclic amines) is 1. The van der Waals surface area contributed by atoms with Gasteiger partial charge in [0.1, 0.15) is 5.76 Å². The lowest BCUT2D eigenvalue weighted by molar-refractivity contribution is -0.133. The number of nitrogens with one attached hydrogen (secondary N) is 2. The van der Waals surface area contributed by atoms with Gasteiger partial charge in [-0.15, -0.1) is 11.3 Å². The average Bonchev–Trinajstić information content (AvgIpc) is 3.60. The lowest BCUT2D eigenvalue weighted by Gasteiger charge is -2.32. The highest BCUT2D eigenvalue weighted by Gasteiger charge is 2.28. The van der Waals surface area contributed by atoms with Gasteiger partial charge in [0.25, 0.3) is 5.91 Å².